The Morgan fingerprint density at radius 1 is 1.64 bits per heavy atom. The molecule has 0 bridgehead atoms. The minimum absolute atomic E-state index is 0.826. The van der Waals surface area contributed by atoms with Gasteiger partial charge in [0.15, 0.2) is 0 Å². The molecule has 1 aromatic rings. The lowest BCUT2D eigenvalue weighted by Gasteiger charge is -2.11. The third-order valence-corrected chi connectivity index (χ3v) is 4.23. The molecule has 2 nitrogen and oxygen atoms in total. The molecule has 2 heterocycles. The van der Waals surface area contributed by atoms with Gasteiger partial charge in [0.2, 0.25) is 0 Å². The van der Waals surface area contributed by atoms with E-state index in [0.29, 0.717) is 0 Å². The van der Waals surface area contributed by atoms with Gasteiger partial charge in [0.05, 0.1) is 5.69 Å². The molecular weight excluding hydrogens is 260 g/mol. The number of rotatable bonds is 3. The molecule has 0 saturated carbocycles. The Hall–Kier alpha value is -0.220. The molecule has 4 heteroatoms. The predicted octanol–water partition coefficient (Wildman–Crippen LogP) is 3.01. The number of aromatic nitrogens is 1. The highest BCUT2D eigenvalue weighted by Crippen LogP contribution is 2.25. The molecule has 2 rings (SSSR count). The van der Waals surface area contributed by atoms with Gasteiger partial charge in [-0.1, -0.05) is 0 Å². The normalized spacial score (nSPS) is 21.1. The van der Waals surface area contributed by atoms with Crippen molar-refractivity contribution in [2.45, 2.75) is 6.42 Å². The first-order valence-corrected chi connectivity index (χ1v) is 6.73. The van der Waals surface area contributed by atoms with Gasteiger partial charge < -0.3 is 5.32 Å². The zero-order chi connectivity index (χ0) is 9.80. The number of nitrogens with zero attached hydrogens (tertiary/aromatic N) is 1. The number of pyridine rings is 1. The molecule has 76 valence electrons. The molecule has 1 aliphatic rings. The van der Waals surface area contributed by atoms with Gasteiger partial charge in [-0.15, -0.1) is 0 Å². The van der Waals surface area contributed by atoms with E-state index in [0.717, 1.165) is 22.8 Å². The average molecular weight is 273 g/mol. The molecule has 1 N–H and O–H groups in total. The number of hydrogen-bond donors (Lipinski definition) is 1. The smallest absolute Gasteiger partial charge is 0.129 e. The molecule has 0 amide bonds. The summed E-state index contributed by atoms with van der Waals surface area (Å²) in [7, 11) is 0. The van der Waals surface area contributed by atoms with Gasteiger partial charge in [0.25, 0.3) is 0 Å². The maximum Gasteiger partial charge on any atom is 0.129 e. The van der Waals surface area contributed by atoms with Crippen molar-refractivity contribution < 1.29 is 0 Å². The number of thioether (sulfide) groups is 1. The summed E-state index contributed by atoms with van der Waals surface area (Å²) in [5.41, 5.74) is 1.10. The number of hydrogen-bond acceptors (Lipinski definition) is 3. The summed E-state index contributed by atoms with van der Waals surface area (Å²) in [5.74, 6) is 3.44. The molecule has 0 aromatic carbocycles. The molecule has 0 radical (unpaired) electrons. The van der Waals surface area contributed by atoms with E-state index in [1.165, 1.54) is 17.9 Å². The highest BCUT2D eigenvalue weighted by Gasteiger charge is 2.15. The quantitative estimate of drug-likeness (QED) is 0.857. The van der Waals surface area contributed by atoms with Crippen LogP contribution in [0.1, 0.15) is 6.42 Å². The van der Waals surface area contributed by atoms with Crippen LogP contribution in [0.2, 0.25) is 0 Å². The van der Waals surface area contributed by atoms with Gasteiger partial charge in [-0.25, -0.2) is 4.98 Å². The van der Waals surface area contributed by atoms with Crippen LogP contribution in [0, 0.1) is 5.92 Å². The van der Waals surface area contributed by atoms with Crippen LogP contribution >= 0.6 is 27.7 Å². The van der Waals surface area contributed by atoms with Crippen LogP contribution in [-0.2, 0) is 0 Å². The second-order valence-corrected chi connectivity index (χ2v) is 5.35. The number of anilines is 1. The predicted molar refractivity (Wildman–Crippen MR) is 65.9 cm³/mol. The highest BCUT2D eigenvalue weighted by molar-refractivity contribution is 9.10. The second kappa shape index (κ2) is 5.03. The average Bonchev–Trinajstić information content (AvgIpc) is 2.69. The first kappa shape index (κ1) is 10.3. The maximum atomic E-state index is 4.17. The minimum atomic E-state index is 0.826. The van der Waals surface area contributed by atoms with Gasteiger partial charge in [-0.2, -0.15) is 11.8 Å². The Bertz CT molecular complexity index is 300. The van der Waals surface area contributed by atoms with Crippen LogP contribution < -0.4 is 5.32 Å². The number of halogens is 1. The molecule has 0 aliphatic carbocycles. The van der Waals surface area contributed by atoms with Crippen molar-refractivity contribution in [1.29, 1.82) is 0 Å². The van der Waals surface area contributed by atoms with Gasteiger partial charge in [-0.05, 0) is 51.9 Å². The Labute approximate surface area is 97.0 Å². The van der Waals surface area contributed by atoms with Crippen molar-refractivity contribution >= 4 is 33.4 Å². The summed E-state index contributed by atoms with van der Waals surface area (Å²) in [5, 5.41) is 3.43. The summed E-state index contributed by atoms with van der Waals surface area (Å²) < 4.78 is 0.908. The van der Waals surface area contributed by atoms with E-state index >= 15 is 0 Å². The minimum Gasteiger partial charge on any atom is -0.383 e. The maximum absolute atomic E-state index is 4.17. The lowest BCUT2D eigenvalue weighted by molar-refractivity contribution is 0.631. The van der Waals surface area contributed by atoms with Crippen LogP contribution in [0.3, 0.4) is 0 Å². The lowest BCUT2D eigenvalue weighted by atomic mass is 10.1. The molecule has 1 aliphatic heterocycles. The zero-order valence-corrected chi connectivity index (χ0v) is 10.3. The zero-order valence-electron chi connectivity index (χ0n) is 7.87. The fourth-order valence-corrected chi connectivity index (χ4v) is 3.19. The largest absolute Gasteiger partial charge is 0.383 e. The Morgan fingerprint density at radius 2 is 2.57 bits per heavy atom. The van der Waals surface area contributed by atoms with E-state index in [1.54, 1.807) is 6.20 Å². The van der Waals surface area contributed by atoms with Crippen molar-refractivity contribution in [1.82, 2.24) is 4.98 Å². The van der Waals surface area contributed by atoms with E-state index in [2.05, 4.69) is 44.1 Å². The molecular formula is C10H13BrN2S. The summed E-state index contributed by atoms with van der Waals surface area (Å²) in [6.45, 7) is 1.07. The summed E-state index contributed by atoms with van der Waals surface area (Å²) in [6.07, 6.45) is 3.14. The summed E-state index contributed by atoms with van der Waals surface area (Å²) in [4.78, 5) is 4.17. The van der Waals surface area contributed by atoms with Crippen LogP contribution in [-0.4, -0.2) is 23.0 Å². The van der Waals surface area contributed by atoms with Crippen molar-refractivity contribution in [2.75, 3.05) is 23.4 Å². The van der Waals surface area contributed by atoms with Crippen LogP contribution in [0.4, 0.5) is 5.69 Å². The first-order chi connectivity index (χ1) is 6.86. The molecule has 1 aromatic heterocycles. The fraction of sp³-hybridized carbons (Fsp3) is 0.500. The fourth-order valence-electron chi connectivity index (χ4n) is 1.52. The van der Waals surface area contributed by atoms with Crippen LogP contribution in [0.5, 0.6) is 0 Å². The molecule has 1 atom stereocenters. The molecule has 1 unspecified atom stereocenters. The molecule has 14 heavy (non-hydrogen) atoms. The molecule has 1 saturated heterocycles. The Morgan fingerprint density at radius 3 is 3.29 bits per heavy atom. The Balaban J connectivity index is 1.88. The standard InChI is InChI=1S/C10H13BrN2S/c11-10-9(2-1-4-12-10)13-6-8-3-5-14-7-8/h1-2,4,8,13H,3,5-7H2. The van der Waals surface area contributed by atoms with Gasteiger partial charge in [-0.3, -0.25) is 0 Å². The summed E-state index contributed by atoms with van der Waals surface area (Å²) >= 11 is 5.48. The second-order valence-electron chi connectivity index (χ2n) is 3.45. The third-order valence-electron chi connectivity index (χ3n) is 2.36. The van der Waals surface area contributed by atoms with Crippen LogP contribution in [0.25, 0.3) is 0 Å². The van der Waals surface area contributed by atoms with Gasteiger partial charge >= 0.3 is 0 Å². The lowest BCUT2D eigenvalue weighted by Crippen LogP contribution is -2.13. The SMILES string of the molecule is Brc1ncccc1NCC1CCSC1. The number of nitrogens with one attached hydrogen (secondary N) is 1. The van der Waals surface area contributed by atoms with Crippen LogP contribution in [0.15, 0.2) is 22.9 Å². The van der Waals surface area contributed by atoms with Gasteiger partial charge in [0.1, 0.15) is 4.60 Å². The van der Waals surface area contributed by atoms with E-state index < -0.39 is 0 Å². The first-order valence-electron chi connectivity index (χ1n) is 4.78. The van der Waals surface area contributed by atoms with E-state index in [4.69, 9.17) is 0 Å². The molecule has 0 spiro atoms. The topological polar surface area (TPSA) is 24.9 Å². The third kappa shape index (κ3) is 2.64. The van der Waals surface area contributed by atoms with Gasteiger partial charge in [0, 0.05) is 12.7 Å². The highest BCUT2D eigenvalue weighted by atomic mass is 79.9. The van der Waals surface area contributed by atoms with E-state index in [-0.39, 0.29) is 0 Å². The van der Waals surface area contributed by atoms with Crippen molar-refractivity contribution in [3.63, 3.8) is 0 Å². The van der Waals surface area contributed by atoms with E-state index in [1.807, 2.05) is 6.07 Å². The van der Waals surface area contributed by atoms with Crippen molar-refractivity contribution in [2.24, 2.45) is 5.92 Å². The van der Waals surface area contributed by atoms with Crippen molar-refractivity contribution in [3.8, 4) is 0 Å². The van der Waals surface area contributed by atoms with E-state index in [9.17, 15) is 0 Å². The Kier molecular flexibility index (Phi) is 3.70. The summed E-state index contributed by atoms with van der Waals surface area (Å²) in [6, 6.07) is 4.01. The molecule has 1 fully saturated rings. The monoisotopic (exact) mass is 272 g/mol. The van der Waals surface area contributed by atoms with Crippen molar-refractivity contribution in [3.05, 3.63) is 22.9 Å².